The van der Waals surface area contributed by atoms with Crippen LogP contribution in [0.5, 0.6) is 0 Å². The lowest BCUT2D eigenvalue weighted by Gasteiger charge is -2.08. The van der Waals surface area contributed by atoms with Gasteiger partial charge in [0.15, 0.2) is 0 Å². The van der Waals surface area contributed by atoms with Gasteiger partial charge in [-0.25, -0.2) is 0 Å². The van der Waals surface area contributed by atoms with Crippen molar-refractivity contribution in [2.75, 3.05) is 0 Å². The van der Waals surface area contributed by atoms with Gasteiger partial charge in [-0.2, -0.15) is 11.3 Å². The van der Waals surface area contributed by atoms with Gasteiger partial charge in [0.05, 0.1) is 0 Å². The second kappa shape index (κ2) is 3.00. The lowest BCUT2D eigenvalue weighted by Crippen LogP contribution is -1.87. The first-order valence-electron chi connectivity index (χ1n) is 4.24. The third-order valence-corrected chi connectivity index (χ3v) is 4.00. The topological polar surface area (TPSA) is 0 Å². The van der Waals surface area contributed by atoms with E-state index in [2.05, 4.69) is 31.5 Å². The van der Waals surface area contributed by atoms with Gasteiger partial charge in [-0.1, -0.05) is 11.6 Å². The molecule has 0 spiro atoms. The smallest absolute Gasteiger partial charge is 0.0473 e. The Morgan fingerprint density at radius 3 is 2.08 bits per heavy atom. The van der Waals surface area contributed by atoms with E-state index in [1.807, 2.05) is 0 Å². The van der Waals surface area contributed by atoms with E-state index in [1.165, 1.54) is 27.5 Å². The van der Waals surface area contributed by atoms with Crippen LogP contribution in [0, 0.1) is 20.8 Å². The van der Waals surface area contributed by atoms with E-state index in [0.717, 1.165) is 5.02 Å². The van der Waals surface area contributed by atoms with E-state index < -0.39 is 0 Å². The molecule has 0 atom stereocenters. The van der Waals surface area contributed by atoms with E-state index in [0.29, 0.717) is 0 Å². The van der Waals surface area contributed by atoms with Crippen LogP contribution in [0.25, 0.3) is 10.8 Å². The minimum atomic E-state index is 0.920. The van der Waals surface area contributed by atoms with E-state index in [1.54, 1.807) is 11.3 Å². The van der Waals surface area contributed by atoms with Crippen LogP contribution in [0.15, 0.2) is 10.8 Å². The van der Waals surface area contributed by atoms with Crippen LogP contribution < -0.4 is 0 Å². The molecule has 2 heteroatoms. The van der Waals surface area contributed by atoms with Gasteiger partial charge in [-0.15, -0.1) is 0 Å². The minimum Gasteiger partial charge on any atom is -0.151 e. The van der Waals surface area contributed by atoms with E-state index in [9.17, 15) is 0 Å². The van der Waals surface area contributed by atoms with Crippen LogP contribution in [-0.4, -0.2) is 0 Å². The van der Waals surface area contributed by atoms with Crippen LogP contribution in [0.4, 0.5) is 0 Å². The number of rotatable bonds is 0. The van der Waals surface area contributed by atoms with Crippen LogP contribution >= 0.6 is 22.9 Å². The molecule has 0 radical (unpaired) electrons. The molecular formula is C11H11ClS. The molecule has 0 aliphatic carbocycles. The van der Waals surface area contributed by atoms with Gasteiger partial charge >= 0.3 is 0 Å². The highest BCUT2D eigenvalue weighted by molar-refractivity contribution is 7.09. The SMILES string of the molecule is Cc1c(Cl)c(C)c2cscc2c1C. The first-order chi connectivity index (χ1) is 6.13. The summed E-state index contributed by atoms with van der Waals surface area (Å²) in [6.07, 6.45) is 0. The van der Waals surface area contributed by atoms with E-state index >= 15 is 0 Å². The van der Waals surface area contributed by atoms with Crippen molar-refractivity contribution < 1.29 is 0 Å². The standard InChI is InChI=1S/C11H11ClS/c1-6-7(2)11(12)8(3)10-5-13-4-9(6)10/h4-5H,1-3H3. The highest BCUT2D eigenvalue weighted by atomic mass is 35.5. The summed E-state index contributed by atoms with van der Waals surface area (Å²) < 4.78 is 0. The molecule has 68 valence electrons. The normalized spacial score (nSPS) is 11.1. The Hall–Kier alpha value is -0.530. The van der Waals surface area contributed by atoms with Crippen molar-refractivity contribution in [2.24, 2.45) is 0 Å². The number of hydrogen-bond acceptors (Lipinski definition) is 1. The number of thiophene rings is 1. The fraction of sp³-hybridized carbons (Fsp3) is 0.273. The molecule has 1 aromatic heterocycles. The Labute approximate surface area is 87.2 Å². The summed E-state index contributed by atoms with van der Waals surface area (Å²) in [5.74, 6) is 0. The van der Waals surface area contributed by atoms with Crippen molar-refractivity contribution in [1.29, 1.82) is 0 Å². The number of halogens is 1. The average molecular weight is 211 g/mol. The Morgan fingerprint density at radius 1 is 0.923 bits per heavy atom. The van der Waals surface area contributed by atoms with Gasteiger partial charge in [-0.3, -0.25) is 0 Å². The summed E-state index contributed by atoms with van der Waals surface area (Å²) in [6, 6.07) is 0. The molecule has 0 fully saturated rings. The number of benzene rings is 1. The zero-order valence-corrected chi connectivity index (χ0v) is 9.51. The van der Waals surface area contributed by atoms with Crippen molar-refractivity contribution in [3.63, 3.8) is 0 Å². The summed E-state index contributed by atoms with van der Waals surface area (Å²) >= 11 is 7.96. The summed E-state index contributed by atoms with van der Waals surface area (Å²) in [6.45, 7) is 6.31. The molecule has 0 saturated heterocycles. The van der Waals surface area contributed by atoms with Crippen LogP contribution in [0.3, 0.4) is 0 Å². The van der Waals surface area contributed by atoms with E-state index in [4.69, 9.17) is 11.6 Å². The first kappa shape index (κ1) is 9.04. The largest absolute Gasteiger partial charge is 0.151 e. The third-order valence-electron chi connectivity index (χ3n) is 2.69. The monoisotopic (exact) mass is 210 g/mol. The highest BCUT2D eigenvalue weighted by Gasteiger charge is 2.09. The molecular weight excluding hydrogens is 200 g/mol. The summed E-state index contributed by atoms with van der Waals surface area (Å²) in [4.78, 5) is 0. The van der Waals surface area contributed by atoms with Crippen LogP contribution in [-0.2, 0) is 0 Å². The quantitative estimate of drug-likeness (QED) is 0.602. The Morgan fingerprint density at radius 2 is 1.46 bits per heavy atom. The predicted molar refractivity (Wildman–Crippen MR) is 61.0 cm³/mol. The highest BCUT2D eigenvalue weighted by Crippen LogP contribution is 2.34. The van der Waals surface area contributed by atoms with Crippen LogP contribution in [0.1, 0.15) is 16.7 Å². The Kier molecular flexibility index (Phi) is 2.09. The van der Waals surface area contributed by atoms with E-state index in [-0.39, 0.29) is 0 Å². The van der Waals surface area contributed by atoms with Crippen LogP contribution in [0.2, 0.25) is 5.02 Å². The van der Waals surface area contributed by atoms with Crippen molar-refractivity contribution >= 4 is 33.7 Å². The number of aryl methyl sites for hydroxylation is 2. The Balaban J connectivity index is 3.02. The Bertz CT molecular complexity index is 426. The molecule has 2 rings (SSSR count). The van der Waals surface area contributed by atoms with Gasteiger partial charge < -0.3 is 0 Å². The maximum Gasteiger partial charge on any atom is 0.0473 e. The zero-order valence-electron chi connectivity index (χ0n) is 7.94. The van der Waals surface area contributed by atoms with Crippen molar-refractivity contribution in [3.05, 3.63) is 32.5 Å². The van der Waals surface area contributed by atoms with Gasteiger partial charge in [0, 0.05) is 5.02 Å². The van der Waals surface area contributed by atoms with Gasteiger partial charge in [-0.05, 0) is 59.0 Å². The number of hydrogen-bond donors (Lipinski definition) is 0. The molecule has 2 aromatic rings. The fourth-order valence-corrected chi connectivity index (χ4v) is 2.84. The predicted octanol–water partition coefficient (Wildman–Crippen LogP) is 4.48. The summed E-state index contributed by atoms with van der Waals surface area (Å²) in [5, 5.41) is 7.94. The maximum absolute atomic E-state index is 6.22. The lowest BCUT2D eigenvalue weighted by atomic mass is 10.0. The average Bonchev–Trinajstić information content (AvgIpc) is 2.59. The zero-order chi connectivity index (χ0) is 9.59. The van der Waals surface area contributed by atoms with Gasteiger partial charge in [0.2, 0.25) is 0 Å². The minimum absolute atomic E-state index is 0.920. The van der Waals surface area contributed by atoms with Crippen molar-refractivity contribution in [2.45, 2.75) is 20.8 Å². The fourth-order valence-electron chi connectivity index (χ4n) is 1.64. The summed E-state index contributed by atoms with van der Waals surface area (Å²) in [7, 11) is 0. The molecule has 0 unspecified atom stereocenters. The molecule has 0 bridgehead atoms. The second-order valence-electron chi connectivity index (χ2n) is 3.39. The molecule has 0 aliphatic heterocycles. The first-order valence-corrected chi connectivity index (χ1v) is 5.56. The van der Waals surface area contributed by atoms with Gasteiger partial charge in [0.25, 0.3) is 0 Å². The molecule has 0 amide bonds. The summed E-state index contributed by atoms with van der Waals surface area (Å²) in [5.41, 5.74) is 3.73. The molecule has 1 heterocycles. The molecule has 0 aliphatic rings. The van der Waals surface area contributed by atoms with Gasteiger partial charge in [0.1, 0.15) is 0 Å². The second-order valence-corrected chi connectivity index (χ2v) is 4.51. The molecule has 0 nitrogen and oxygen atoms in total. The molecule has 0 saturated carbocycles. The van der Waals surface area contributed by atoms with Crippen molar-refractivity contribution in [3.8, 4) is 0 Å². The lowest BCUT2D eigenvalue weighted by molar-refractivity contribution is 1.35. The van der Waals surface area contributed by atoms with Crippen molar-refractivity contribution in [1.82, 2.24) is 0 Å². The maximum atomic E-state index is 6.22. The molecule has 0 N–H and O–H groups in total. The third kappa shape index (κ3) is 1.18. The molecule has 13 heavy (non-hydrogen) atoms. The molecule has 1 aromatic carbocycles. The number of fused-ring (bicyclic) bond motifs is 1.